The van der Waals surface area contributed by atoms with Crippen molar-refractivity contribution in [1.29, 1.82) is 0 Å². The Morgan fingerprint density at radius 2 is 1.60 bits per heavy atom. The summed E-state index contributed by atoms with van der Waals surface area (Å²) in [5.41, 5.74) is 7.07. The third-order valence-electron chi connectivity index (χ3n) is 9.44. The van der Waals surface area contributed by atoms with Crippen molar-refractivity contribution in [2.24, 2.45) is 7.05 Å². The highest BCUT2D eigenvalue weighted by molar-refractivity contribution is 6.39. The molecule has 13 heteroatoms. The lowest BCUT2D eigenvalue weighted by Crippen LogP contribution is -2.37. The van der Waals surface area contributed by atoms with Crippen LogP contribution in [0.5, 0.6) is 5.88 Å². The Balaban J connectivity index is 1.11. The molecule has 0 radical (unpaired) electrons. The smallest absolute Gasteiger partial charge is 0.237 e. The molecule has 3 aromatic heterocycles. The topological polar surface area (TPSA) is 138 Å². The SMILES string of the molecule is COc1nc(-c2cccc(-c3cccc(-c4ccc5c(CNC[C@@H]6CCC(O)N6)cn(C)c5n4)c3Cl)c2Cl)cnc1CNC[C@@H]1CCC(=O)N1. The van der Waals surface area contributed by atoms with Crippen LogP contribution in [0.3, 0.4) is 0 Å². The number of nitrogens with one attached hydrogen (secondary N) is 4. The van der Waals surface area contributed by atoms with Gasteiger partial charge in [-0.1, -0.05) is 59.6 Å². The second kappa shape index (κ2) is 15.0. The first-order valence-electron chi connectivity index (χ1n) is 16.9. The average Bonchev–Trinajstić information content (AvgIpc) is 3.83. The molecular weight excluding hydrogens is 675 g/mol. The molecule has 260 valence electrons. The maximum Gasteiger partial charge on any atom is 0.237 e. The Bertz CT molecular complexity index is 2040. The van der Waals surface area contributed by atoms with Crippen LogP contribution in [0.25, 0.3) is 44.7 Å². The summed E-state index contributed by atoms with van der Waals surface area (Å²) in [6.07, 6.45) is 6.52. The summed E-state index contributed by atoms with van der Waals surface area (Å²) in [5, 5.41) is 24.9. The number of benzene rings is 2. The Morgan fingerprint density at radius 3 is 2.28 bits per heavy atom. The van der Waals surface area contributed by atoms with Gasteiger partial charge in [0.15, 0.2) is 0 Å². The predicted octanol–water partition coefficient (Wildman–Crippen LogP) is 5.21. The fourth-order valence-corrected chi connectivity index (χ4v) is 7.49. The fourth-order valence-electron chi connectivity index (χ4n) is 6.85. The Hall–Kier alpha value is -4.10. The molecule has 5 aromatic rings. The number of ether oxygens (including phenoxy) is 1. The highest BCUT2D eigenvalue weighted by atomic mass is 35.5. The molecule has 2 aliphatic heterocycles. The van der Waals surface area contributed by atoms with Gasteiger partial charge in [-0.25, -0.2) is 9.97 Å². The second-order valence-electron chi connectivity index (χ2n) is 12.9. The van der Waals surface area contributed by atoms with E-state index >= 15 is 0 Å². The number of aromatic nitrogens is 4. The third kappa shape index (κ3) is 7.20. The Morgan fingerprint density at radius 1 is 0.900 bits per heavy atom. The fraction of sp³-hybridized carbons (Fsp3) is 0.351. The quantitative estimate of drug-likeness (QED) is 0.118. The van der Waals surface area contributed by atoms with Gasteiger partial charge in [0.1, 0.15) is 17.6 Å². The van der Waals surface area contributed by atoms with Gasteiger partial charge in [0.25, 0.3) is 0 Å². The molecule has 2 saturated heterocycles. The molecule has 7 rings (SSSR count). The van der Waals surface area contributed by atoms with Gasteiger partial charge >= 0.3 is 0 Å². The molecule has 1 amide bonds. The number of methoxy groups -OCH3 is 1. The van der Waals surface area contributed by atoms with Crippen LogP contribution < -0.4 is 26.0 Å². The number of carbonyl (C=O) groups excluding carboxylic acids is 1. The van der Waals surface area contributed by atoms with Crippen molar-refractivity contribution in [2.75, 3.05) is 20.2 Å². The minimum Gasteiger partial charge on any atom is -0.480 e. The normalized spacial score (nSPS) is 19.0. The standard InChI is InChI=1S/C37H40Cl2N8O3/c1-47-20-21(15-40-16-22-9-13-32(48)43-22)24-11-12-29(45-36(24)47)27-7-3-5-25(34(27)38)26-6-4-8-28(35(26)39)30-19-42-31(37(46-30)50-2)18-41-17-23-10-14-33(49)44-23/h3-8,11-12,19-20,22-23,32,40-41,43,48H,9-10,13-18H2,1-2H3,(H,44,49)/t22-,23-,32?/m0/s1. The minimum absolute atomic E-state index is 0.0880. The van der Waals surface area contributed by atoms with Crippen LogP contribution in [-0.2, 0) is 24.9 Å². The number of hydrogen-bond acceptors (Lipinski definition) is 9. The van der Waals surface area contributed by atoms with Crippen molar-refractivity contribution >= 4 is 40.1 Å². The molecule has 0 aliphatic carbocycles. The highest BCUT2D eigenvalue weighted by Crippen LogP contribution is 2.42. The van der Waals surface area contributed by atoms with E-state index in [2.05, 4.69) is 38.5 Å². The van der Waals surface area contributed by atoms with Gasteiger partial charge in [-0.2, -0.15) is 0 Å². The first kappa shape index (κ1) is 34.4. The number of pyridine rings is 1. The minimum atomic E-state index is -0.406. The van der Waals surface area contributed by atoms with E-state index in [4.69, 9.17) is 37.9 Å². The Kier molecular flexibility index (Phi) is 10.3. The molecular formula is C37H40Cl2N8O3. The van der Waals surface area contributed by atoms with Crippen molar-refractivity contribution in [3.63, 3.8) is 0 Å². The van der Waals surface area contributed by atoms with E-state index in [1.54, 1.807) is 13.3 Å². The Labute approximate surface area is 300 Å². The van der Waals surface area contributed by atoms with Gasteiger partial charge in [-0.05, 0) is 37.0 Å². The van der Waals surface area contributed by atoms with E-state index < -0.39 is 6.23 Å². The van der Waals surface area contributed by atoms with Crippen molar-refractivity contribution in [3.05, 3.63) is 82.2 Å². The zero-order valence-electron chi connectivity index (χ0n) is 28.0. The third-order valence-corrected chi connectivity index (χ3v) is 10.3. The molecule has 3 atom stereocenters. The first-order valence-corrected chi connectivity index (χ1v) is 17.6. The molecule has 5 N–H and O–H groups in total. The van der Waals surface area contributed by atoms with Crippen LogP contribution in [0.4, 0.5) is 0 Å². The summed E-state index contributed by atoms with van der Waals surface area (Å²) in [6, 6.07) is 16.1. The lowest BCUT2D eigenvalue weighted by Gasteiger charge is -2.15. The number of halogens is 2. The number of nitrogens with zero attached hydrogens (tertiary/aromatic N) is 4. The molecule has 2 aliphatic rings. The molecule has 2 fully saturated rings. The van der Waals surface area contributed by atoms with Crippen LogP contribution >= 0.6 is 23.2 Å². The van der Waals surface area contributed by atoms with Crippen LogP contribution in [0.1, 0.15) is 36.9 Å². The van der Waals surface area contributed by atoms with E-state index in [-0.39, 0.29) is 18.0 Å². The van der Waals surface area contributed by atoms with Gasteiger partial charge < -0.3 is 30.4 Å². The summed E-state index contributed by atoms with van der Waals surface area (Å²) in [5.74, 6) is 0.490. The van der Waals surface area contributed by atoms with Gasteiger partial charge in [0.2, 0.25) is 11.8 Å². The molecule has 50 heavy (non-hydrogen) atoms. The summed E-state index contributed by atoms with van der Waals surface area (Å²) in [6.45, 7) is 2.58. The molecule has 11 nitrogen and oxygen atoms in total. The largest absolute Gasteiger partial charge is 0.480 e. The molecule has 0 saturated carbocycles. The van der Waals surface area contributed by atoms with Gasteiger partial charge in [0.05, 0.1) is 34.7 Å². The van der Waals surface area contributed by atoms with Crippen LogP contribution in [0.15, 0.2) is 60.9 Å². The average molecular weight is 716 g/mol. The number of hydrogen-bond donors (Lipinski definition) is 5. The monoisotopic (exact) mass is 714 g/mol. The molecule has 2 aromatic carbocycles. The van der Waals surface area contributed by atoms with E-state index in [0.29, 0.717) is 58.9 Å². The molecule has 5 heterocycles. The van der Waals surface area contributed by atoms with Crippen LogP contribution in [0.2, 0.25) is 10.0 Å². The summed E-state index contributed by atoms with van der Waals surface area (Å²) in [4.78, 5) is 25.9. The molecule has 0 bridgehead atoms. The van der Waals surface area contributed by atoms with E-state index in [9.17, 15) is 9.90 Å². The lowest BCUT2D eigenvalue weighted by atomic mass is 9.98. The molecule has 0 spiro atoms. The number of carbonyl (C=O) groups is 1. The summed E-state index contributed by atoms with van der Waals surface area (Å²) >= 11 is 14.2. The number of aryl methyl sites for hydroxylation is 1. The van der Waals surface area contributed by atoms with Crippen molar-refractivity contribution in [3.8, 4) is 39.5 Å². The number of aliphatic hydroxyl groups excluding tert-OH is 1. The number of rotatable bonds is 12. The summed E-state index contributed by atoms with van der Waals surface area (Å²) in [7, 11) is 3.57. The summed E-state index contributed by atoms with van der Waals surface area (Å²) < 4.78 is 7.64. The maximum atomic E-state index is 11.5. The van der Waals surface area contributed by atoms with Crippen molar-refractivity contribution in [1.82, 2.24) is 40.8 Å². The number of fused-ring (bicyclic) bond motifs is 1. The zero-order chi connectivity index (χ0) is 34.8. The highest BCUT2D eigenvalue weighted by Gasteiger charge is 2.23. The van der Waals surface area contributed by atoms with Gasteiger partial charge in [-0.15, -0.1) is 0 Å². The number of amides is 1. The maximum absolute atomic E-state index is 11.5. The van der Waals surface area contributed by atoms with Gasteiger partial charge in [0, 0.05) is 85.6 Å². The second-order valence-corrected chi connectivity index (χ2v) is 13.7. The van der Waals surface area contributed by atoms with Crippen molar-refractivity contribution in [2.45, 2.75) is 57.1 Å². The van der Waals surface area contributed by atoms with Crippen molar-refractivity contribution < 1.29 is 14.6 Å². The van der Waals surface area contributed by atoms with E-state index in [0.717, 1.165) is 64.8 Å². The zero-order valence-corrected chi connectivity index (χ0v) is 29.5. The number of aliphatic hydroxyl groups is 1. The van der Waals surface area contributed by atoms with E-state index in [1.807, 2.05) is 54.1 Å². The van der Waals surface area contributed by atoms with Crippen LogP contribution in [0, 0.1) is 0 Å². The van der Waals surface area contributed by atoms with Gasteiger partial charge in [-0.3, -0.25) is 15.1 Å². The predicted molar refractivity (Wildman–Crippen MR) is 196 cm³/mol. The van der Waals surface area contributed by atoms with Crippen LogP contribution in [-0.4, -0.2) is 69.0 Å². The first-order chi connectivity index (χ1) is 24.3. The molecule has 1 unspecified atom stereocenters. The van der Waals surface area contributed by atoms with E-state index in [1.165, 1.54) is 0 Å². The lowest BCUT2D eigenvalue weighted by molar-refractivity contribution is -0.119.